The lowest BCUT2D eigenvalue weighted by molar-refractivity contribution is 0.169. The largest absolute Gasteiger partial charge is 0.353 e. The maximum absolute atomic E-state index is 13.5. The van der Waals surface area contributed by atoms with Gasteiger partial charge in [-0.05, 0) is 39.9 Å². The average molecular weight is 294 g/mol. The molecule has 2 atom stereocenters. The number of anilines is 1. The Morgan fingerprint density at radius 1 is 1.33 bits per heavy atom. The first kappa shape index (κ1) is 16.2. The normalized spacial score (nSPS) is 23.6. The van der Waals surface area contributed by atoms with Crippen molar-refractivity contribution in [3.8, 4) is 0 Å². The second kappa shape index (κ2) is 7.18. The van der Waals surface area contributed by atoms with Crippen molar-refractivity contribution in [3.05, 3.63) is 23.6 Å². The summed E-state index contributed by atoms with van der Waals surface area (Å²) in [7, 11) is 2.16. The minimum Gasteiger partial charge on any atom is -0.353 e. The lowest BCUT2D eigenvalue weighted by Crippen LogP contribution is -2.55. The predicted octanol–water partition coefficient (Wildman–Crippen LogP) is 2.25. The summed E-state index contributed by atoms with van der Waals surface area (Å²) in [4.78, 5) is 9.04. The van der Waals surface area contributed by atoms with Gasteiger partial charge >= 0.3 is 0 Å². The lowest BCUT2D eigenvalue weighted by atomic mass is 10.1. The minimum absolute atomic E-state index is 0.262. The highest BCUT2D eigenvalue weighted by Gasteiger charge is 2.28. The molecule has 1 fully saturated rings. The lowest BCUT2D eigenvalue weighted by Gasteiger charge is -2.43. The molecule has 0 spiro atoms. The van der Waals surface area contributed by atoms with Crippen molar-refractivity contribution in [2.24, 2.45) is 0 Å². The summed E-state index contributed by atoms with van der Waals surface area (Å²) in [6.45, 7) is 10.0. The third-order valence-corrected chi connectivity index (χ3v) is 4.31. The molecule has 0 radical (unpaired) electrons. The zero-order valence-corrected chi connectivity index (χ0v) is 13.6. The SMILES string of the molecule is CCCNCc1cc(F)cnc1N1CC(C)N(C)C(C)C1. The highest BCUT2D eigenvalue weighted by atomic mass is 19.1. The van der Waals surface area contributed by atoms with Crippen molar-refractivity contribution >= 4 is 5.82 Å². The van der Waals surface area contributed by atoms with Gasteiger partial charge in [-0.25, -0.2) is 9.37 Å². The minimum atomic E-state index is -0.262. The van der Waals surface area contributed by atoms with Gasteiger partial charge < -0.3 is 10.2 Å². The van der Waals surface area contributed by atoms with E-state index in [0.717, 1.165) is 37.4 Å². The van der Waals surface area contributed by atoms with E-state index in [4.69, 9.17) is 0 Å². The van der Waals surface area contributed by atoms with E-state index < -0.39 is 0 Å². The van der Waals surface area contributed by atoms with Crippen molar-refractivity contribution < 1.29 is 4.39 Å². The van der Waals surface area contributed by atoms with Crippen LogP contribution in [0.4, 0.5) is 10.2 Å². The molecule has 5 heteroatoms. The Morgan fingerprint density at radius 3 is 2.62 bits per heavy atom. The van der Waals surface area contributed by atoms with Crippen molar-refractivity contribution in [3.63, 3.8) is 0 Å². The van der Waals surface area contributed by atoms with Crippen molar-refractivity contribution in [2.75, 3.05) is 31.6 Å². The molecule has 1 aromatic rings. The fourth-order valence-corrected chi connectivity index (χ4v) is 2.87. The van der Waals surface area contributed by atoms with Crippen LogP contribution in [0.25, 0.3) is 0 Å². The Kier molecular flexibility index (Phi) is 5.53. The number of nitrogens with zero attached hydrogens (tertiary/aromatic N) is 3. The molecular weight excluding hydrogens is 267 g/mol. The van der Waals surface area contributed by atoms with Crippen LogP contribution < -0.4 is 10.2 Å². The molecule has 2 heterocycles. The van der Waals surface area contributed by atoms with E-state index in [-0.39, 0.29) is 5.82 Å². The van der Waals surface area contributed by atoms with E-state index in [1.54, 1.807) is 6.07 Å². The number of nitrogens with one attached hydrogen (secondary N) is 1. The van der Waals surface area contributed by atoms with Crippen molar-refractivity contribution in [1.29, 1.82) is 0 Å². The van der Waals surface area contributed by atoms with Gasteiger partial charge in [-0.3, -0.25) is 4.90 Å². The van der Waals surface area contributed by atoms with Gasteiger partial charge in [-0.2, -0.15) is 0 Å². The Bertz CT molecular complexity index is 454. The molecule has 0 aromatic carbocycles. The van der Waals surface area contributed by atoms with E-state index >= 15 is 0 Å². The second-order valence-corrected chi connectivity index (χ2v) is 6.08. The Balaban J connectivity index is 2.18. The van der Waals surface area contributed by atoms with Crippen molar-refractivity contribution in [2.45, 2.75) is 45.8 Å². The van der Waals surface area contributed by atoms with Crippen LogP contribution in [0.3, 0.4) is 0 Å². The summed E-state index contributed by atoms with van der Waals surface area (Å²) in [5.74, 6) is 0.661. The van der Waals surface area contributed by atoms with Crippen LogP contribution in [-0.2, 0) is 6.54 Å². The van der Waals surface area contributed by atoms with Gasteiger partial charge in [0.05, 0.1) is 6.20 Å². The Hall–Kier alpha value is -1.20. The molecule has 1 saturated heterocycles. The molecule has 2 unspecified atom stereocenters. The van der Waals surface area contributed by atoms with Gasteiger partial charge in [0.2, 0.25) is 0 Å². The van der Waals surface area contributed by atoms with E-state index in [2.05, 4.69) is 47.9 Å². The molecule has 4 nitrogen and oxygen atoms in total. The van der Waals surface area contributed by atoms with E-state index in [1.165, 1.54) is 6.20 Å². The monoisotopic (exact) mass is 294 g/mol. The highest BCUT2D eigenvalue weighted by Crippen LogP contribution is 2.23. The molecule has 0 aliphatic carbocycles. The molecule has 0 saturated carbocycles. The van der Waals surface area contributed by atoms with Gasteiger partial charge in [0.25, 0.3) is 0 Å². The molecule has 1 N–H and O–H groups in total. The number of likely N-dealkylation sites (N-methyl/N-ethyl adjacent to an activating group) is 1. The summed E-state index contributed by atoms with van der Waals surface area (Å²) < 4.78 is 13.5. The van der Waals surface area contributed by atoms with Crippen LogP contribution in [0.1, 0.15) is 32.8 Å². The standard InChI is InChI=1S/C16H27FN4/c1-5-6-18-8-14-7-15(17)9-19-16(14)21-10-12(2)20(4)13(3)11-21/h7,9,12-13,18H,5-6,8,10-11H2,1-4H3. The summed E-state index contributed by atoms with van der Waals surface area (Å²) in [6.07, 6.45) is 2.40. The van der Waals surface area contributed by atoms with Gasteiger partial charge in [-0.15, -0.1) is 0 Å². The average Bonchev–Trinajstić information content (AvgIpc) is 2.45. The fourth-order valence-electron chi connectivity index (χ4n) is 2.87. The summed E-state index contributed by atoms with van der Waals surface area (Å²) >= 11 is 0. The number of hydrogen-bond acceptors (Lipinski definition) is 4. The van der Waals surface area contributed by atoms with Crippen molar-refractivity contribution in [1.82, 2.24) is 15.2 Å². The highest BCUT2D eigenvalue weighted by molar-refractivity contribution is 5.48. The van der Waals surface area contributed by atoms with Gasteiger partial charge in [0.15, 0.2) is 0 Å². The smallest absolute Gasteiger partial charge is 0.141 e. The van der Waals surface area contributed by atoms with Crippen LogP contribution in [0.5, 0.6) is 0 Å². The van der Waals surface area contributed by atoms with Crippen LogP contribution in [0.15, 0.2) is 12.3 Å². The molecular formula is C16H27FN4. The first-order chi connectivity index (χ1) is 10.0. The zero-order valence-electron chi connectivity index (χ0n) is 13.6. The molecule has 118 valence electrons. The maximum atomic E-state index is 13.5. The number of hydrogen-bond donors (Lipinski definition) is 1. The van der Waals surface area contributed by atoms with Gasteiger partial charge in [0, 0.05) is 37.3 Å². The van der Waals surface area contributed by atoms with E-state index in [1.807, 2.05) is 0 Å². The molecule has 1 aliphatic rings. The van der Waals surface area contributed by atoms with Crippen LogP contribution in [0, 0.1) is 5.82 Å². The molecule has 0 amide bonds. The van der Waals surface area contributed by atoms with Crippen LogP contribution >= 0.6 is 0 Å². The zero-order chi connectivity index (χ0) is 15.4. The third-order valence-electron chi connectivity index (χ3n) is 4.31. The van der Waals surface area contributed by atoms with Gasteiger partial charge in [0.1, 0.15) is 11.6 Å². The topological polar surface area (TPSA) is 31.4 Å². The number of halogens is 1. The number of piperazine rings is 1. The summed E-state index contributed by atoms with van der Waals surface area (Å²) in [5.41, 5.74) is 0.951. The molecule has 1 aromatic heterocycles. The molecule has 1 aliphatic heterocycles. The second-order valence-electron chi connectivity index (χ2n) is 6.08. The first-order valence-electron chi connectivity index (χ1n) is 7.85. The summed E-state index contributed by atoms with van der Waals surface area (Å²) in [5, 5.41) is 3.35. The van der Waals surface area contributed by atoms with Crippen LogP contribution in [-0.4, -0.2) is 48.6 Å². The van der Waals surface area contributed by atoms with E-state index in [9.17, 15) is 4.39 Å². The first-order valence-corrected chi connectivity index (χ1v) is 7.85. The maximum Gasteiger partial charge on any atom is 0.141 e. The molecule has 0 bridgehead atoms. The number of rotatable bonds is 5. The van der Waals surface area contributed by atoms with Crippen LogP contribution in [0.2, 0.25) is 0 Å². The molecule has 2 rings (SSSR count). The van der Waals surface area contributed by atoms with Gasteiger partial charge in [-0.1, -0.05) is 6.92 Å². The quantitative estimate of drug-likeness (QED) is 0.844. The number of pyridine rings is 1. The Labute approximate surface area is 127 Å². The van der Waals surface area contributed by atoms with E-state index in [0.29, 0.717) is 18.6 Å². The third kappa shape index (κ3) is 3.92. The number of aromatic nitrogens is 1. The summed E-state index contributed by atoms with van der Waals surface area (Å²) in [6, 6.07) is 2.55. The predicted molar refractivity (Wildman–Crippen MR) is 85.1 cm³/mol. The fraction of sp³-hybridized carbons (Fsp3) is 0.688. The Morgan fingerprint density at radius 2 is 2.00 bits per heavy atom. The molecule has 21 heavy (non-hydrogen) atoms.